The zero-order valence-electron chi connectivity index (χ0n) is 20.0. The van der Waals surface area contributed by atoms with Gasteiger partial charge in [0.2, 0.25) is 0 Å². The number of benzene rings is 3. The fourth-order valence-corrected chi connectivity index (χ4v) is 4.02. The summed E-state index contributed by atoms with van der Waals surface area (Å²) < 4.78 is 7.40. The van der Waals surface area contributed by atoms with Gasteiger partial charge in [-0.15, -0.1) is 0 Å². The number of anilines is 1. The maximum atomic E-state index is 12.4. The Morgan fingerprint density at radius 1 is 0.971 bits per heavy atom. The minimum Gasteiger partial charge on any atom is -0.484 e. The molecule has 6 nitrogen and oxygen atoms in total. The molecule has 0 radical (unpaired) electrons. The average Bonchev–Trinajstić information content (AvgIpc) is 3.16. The third-order valence-corrected chi connectivity index (χ3v) is 6.03. The highest BCUT2D eigenvalue weighted by Crippen LogP contribution is 2.26. The molecular formula is C28H28ClN3O3. The number of primary amides is 1. The van der Waals surface area contributed by atoms with Crippen LogP contribution in [-0.4, -0.2) is 23.0 Å². The Morgan fingerprint density at radius 2 is 1.66 bits per heavy atom. The first-order chi connectivity index (χ1) is 16.6. The molecule has 0 spiro atoms. The Hall–Kier alpha value is -3.77. The van der Waals surface area contributed by atoms with Crippen LogP contribution in [0.4, 0.5) is 5.69 Å². The van der Waals surface area contributed by atoms with Gasteiger partial charge in [0.1, 0.15) is 11.4 Å². The third-order valence-electron chi connectivity index (χ3n) is 5.78. The van der Waals surface area contributed by atoms with Crippen molar-refractivity contribution in [2.45, 2.75) is 32.7 Å². The van der Waals surface area contributed by atoms with E-state index >= 15 is 0 Å². The van der Waals surface area contributed by atoms with E-state index in [-0.39, 0.29) is 17.9 Å². The highest BCUT2D eigenvalue weighted by atomic mass is 35.5. The minimum atomic E-state index is -0.505. The van der Waals surface area contributed by atoms with Gasteiger partial charge >= 0.3 is 0 Å². The van der Waals surface area contributed by atoms with Gasteiger partial charge in [-0.3, -0.25) is 9.59 Å². The first-order valence-corrected chi connectivity index (χ1v) is 11.7. The maximum absolute atomic E-state index is 12.4. The van der Waals surface area contributed by atoms with E-state index in [0.29, 0.717) is 28.7 Å². The minimum absolute atomic E-state index is 0.0672. The summed E-state index contributed by atoms with van der Waals surface area (Å²) in [6, 6.07) is 22.4. The molecule has 2 amide bonds. The van der Waals surface area contributed by atoms with Crippen LogP contribution in [0.25, 0.3) is 10.9 Å². The molecule has 7 heteroatoms. The Bertz CT molecular complexity index is 1370. The molecule has 0 bridgehead atoms. The summed E-state index contributed by atoms with van der Waals surface area (Å²) in [6.45, 7) is 6.89. The second-order valence-corrected chi connectivity index (χ2v) is 9.93. The lowest BCUT2D eigenvalue weighted by Crippen LogP contribution is -2.20. The van der Waals surface area contributed by atoms with Gasteiger partial charge in [0, 0.05) is 28.2 Å². The van der Waals surface area contributed by atoms with Gasteiger partial charge < -0.3 is 20.4 Å². The van der Waals surface area contributed by atoms with E-state index in [4.69, 9.17) is 22.1 Å². The van der Waals surface area contributed by atoms with Gasteiger partial charge in [0.25, 0.3) is 11.8 Å². The topological polar surface area (TPSA) is 86.4 Å². The van der Waals surface area contributed by atoms with Crippen molar-refractivity contribution in [1.29, 1.82) is 0 Å². The molecule has 0 atom stereocenters. The second-order valence-electron chi connectivity index (χ2n) is 9.49. The lowest BCUT2D eigenvalue weighted by Gasteiger charge is -2.19. The molecule has 0 aliphatic carbocycles. The van der Waals surface area contributed by atoms with Crippen LogP contribution in [0.1, 0.15) is 42.4 Å². The van der Waals surface area contributed by atoms with Crippen molar-refractivity contribution in [1.82, 2.24) is 4.57 Å². The number of carbonyl (C=O) groups excluding carboxylic acids is 2. The molecule has 0 saturated heterocycles. The zero-order valence-corrected chi connectivity index (χ0v) is 20.7. The van der Waals surface area contributed by atoms with Crippen LogP contribution in [0.15, 0.2) is 72.8 Å². The van der Waals surface area contributed by atoms with Crippen molar-refractivity contribution in [3.8, 4) is 5.75 Å². The average molecular weight is 490 g/mol. The number of hydrogen-bond acceptors (Lipinski definition) is 3. The number of aromatic nitrogens is 1. The van der Waals surface area contributed by atoms with Crippen LogP contribution in [0.3, 0.4) is 0 Å². The number of amides is 2. The second kappa shape index (κ2) is 9.84. The molecular weight excluding hydrogens is 462 g/mol. The molecule has 4 aromatic rings. The molecule has 0 fully saturated rings. The monoisotopic (exact) mass is 489 g/mol. The molecule has 3 N–H and O–H groups in total. The summed E-state index contributed by atoms with van der Waals surface area (Å²) in [6.07, 6.45) is 0. The normalized spacial score (nSPS) is 11.4. The van der Waals surface area contributed by atoms with Gasteiger partial charge in [-0.25, -0.2) is 0 Å². The number of nitrogens with two attached hydrogens (primary N) is 1. The fraction of sp³-hybridized carbons (Fsp3) is 0.214. The first-order valence-electron chi connectivity index (χ1n) is 11.3. The van der Waals surface area contributed by atoms with Gasteiger partial charge in [-0.05, 0) is 65.1 Å². The van der Waals surface area contributed by atoms with Crippen LogP contribution in [0, 0.1) is 0 Å². The summed E-state index contributed by atoms with van der Waals surface area (Å²) in [7, 11) is 0. The van der Waals surface area contributed by atoms with Crippen molar-refractivity contribution in [3.63, 3.8) is 0 Å². The van der Waals surface area contributed by atoms with Gasteiger partial charge in [0.05, 0.1) is 0 Å². The Kier molecular flexibility index (Phi) is 6.85. The van der Waals surface area contributed by atoms with E-state index in [1.807, 2.05) is 16.7 Å². The largest absolute Gasteiger partial charge is 0.484 e. The van der Waals surface area contributed by atoms with E-state index in [9.17, 15) is 9.59 Å². The highest BCUT2D eigenvalue weighted by Gasteiger charge is 2.16. The molecule has 1 aromatic heterocycles. The lowest BCUT2D eigenvalue weighted by atomic mass is 9.87. The van der Waals surface area contributed by atoms with Crippen LogP contribution in [-0.2, 0) is 16.8 Å². The van der Waals surface area contributed by atoms with Crippen LogP contribution in [0.5, 0.6) is 5.75 Å². The summed E-state index contributed by atoms with van der Waals surface area (Å²) in [5, 5.41) is 4.23. The molecule has 0 saturated carbocycles. The number of fused-ring (bicyclic) bond motifs is 1. The van der Waals surface area contributed by atoms with Crippen molar-refractivity contribution in [3.05, 3.63) is 94.6 Å². The number of nitrogens with zero attached hydrogens (tertiary/aromatic N) is 1. The Balaban J connectivity index is 1.51. The van der Waals surface area contributed by atoms with E-state index < -0.39 is 5.91 Å². The number of nitrogens with one attached hydrogen (secondary N) is 1. The molecule has 4 rings (SSSR count). The smallest absolute Gasteiger partial charge is 0.265 e. The van der Waals surface area contributed by atoms with Gasteiger partial charge in [-0.2, -0.15) is 0 Å². The summed E-state index contributed by atoms with van der Waals surface area (Å²) in [5.41, 5.74) is 9.93. The standard InChI is InChI=1S/C28H28ClN3O3/c1-28(2,3)20-6-4-18(5-7-20)16-32-24-13-10-22(14-19(24)15-25(32)27(30)34)31-26(33)17-35-23-11-8-21(29)9-12-23/h4-15H,16-17H2,1-3H3,(H2,30,34)(H,31,33). The first kappa shape index (κ1) is 24.4. The summed E-state index contributed by atoms with van der Waals surface area (Å²) >= 11 is 5.86. The van der Waals surface area contributed by atoms with Gasteiger partial charge in [-0.1, -0.05) is 56.6 Å². The Morgan fingerprint density at radius 3 is 2.29 bits per heavy atom. The van der Waals surface area contributed by atoms with Crippen molar-refractivity contribution in [2.75, 3.05) is 11.9 Å². The molecule has 0 aliphatic heterocycles. The predicted octanol–water partition coefficient (Wildman–Crippen LogP) is 5.76. The van der Waals surface area contributed by atoms with Gasteiger partial charge in [0.15, 0.2) is 6.61 Å². The third kappa shape index (κ3) is 5.84. The molecule has 0 aliphatic rings. The highest BCUT2D eigenvalue weighted by molar-refractivity contribution is 6.30. The number of ether oxygens (including phenoxy) is 1. The SMILES string of the molecule is CC(C)(C)c1ccc(Cn2c(C(N)=O)cc3cc(NC(=O)COc4ccc(Cl)cc4)ccc32)cc1. The quantitative estimate of drug-likeness (QED) is 0.346. The zero-order chi connectivity index (χ0) is 25.2. The predicted molar refractivity (Wildman–Crippen MR) is 140 cm³/mol. The van der Waals surface area contributed by atoms with E-state index in [2.05, 4.69) is 50.4 Å². The lowest BCUT2D eigenvalue weighted by molar-refractivity contribution is -0.118. The maximum Gasteiger partial charge on any atom is 0.265 e. The van der Waals surface area contributed by atoms with Crippen molar-refractivity contribution >= 4 is 40.0 Å². The van der Waals surface area contributed by atoms with Crippen LogP contribution < -0.4 is 15.8 Å². The van der Waals surface area contributed by atoms with E-state index in [1.165, 1.54) is 5.56 Å². The fourth-order valence-electron chi connectivity index (χ4n) is 3.89. The number of rotatable bonds is 7. The van der Waals surface area contributed by atoms with E-state index in [1.54, 1.807) is 36.4 Å². The summed E-state index contributed by atoms with van der Waals surface area (Å²) in [5.74, 6) is -0.249. The molecule has 1 heterocycles. The van der Waals surface area contributed by atoms with Crippen molar-refractivity contribution in [2.24, 2.45) is 5.73 Å². The number of hydrogen-bond donors (Lipinski definition) is 2. The molecule has 180 valence electrons. The number of carbonyl (C=O) groups is 2. The van der Waals surface area contributed by atoms with E-state index in [0.717, 1.165) is 16.5 Å². The Labute approximate surface area is 209 Å². The van der Waals surface area contributed by atoms with Crippen molar-refractivity contribution < 1.29 is 14.3 Å². The number of halogens is 1. The molecule has 35 heavy (non-hydrogen) atoms. The van der Waals surface area contributed by atoms with Crippen LogP contribution in [0.2, 0.25) is 5.02 Å². The molecule has 3 aromatic carbocycles. The van der Waals surface area contributed by atoms with Crippen LogP contribution >= 0.6 is 11.6 Å². The molecule has 0 unspecified atom stereocenters. The summed E-state index contributed by atoms with van der Waals surface area (Å²) in [4.78, 5) is 24.5.